The van der Waals surface area contributed by atoms with Gasteiger partial charge in [0.1, 0.15) is 57.7 Å². The number of aromatic nitrogens is 4. The Morgan fingerprint density at radius 1 is 0.500 bits per heavy atom. The van der Waals surface area contributed by atoms with Crippen LogP contribution in [0.5, 0.6) is 23.4 Å². The first-order valence-corrected chi connectivity index (χ1v) is 24.1. The highest BCUT2D eigenvalue weighted by Gasteiger charge is 2.25. The van der Waals surface area contributed by atoms with E-state index in [1.807, 2.05) is 158 Å². The normalized spacial score (nSPS) is 11.9. The van der Waals surface area contributed by atoms with E-state index < -0.39 is 0 Å². The summed E-state index contributed by atoms with van der Waals surface area (Å²) in [6.07, 6.45) is 7.56. The first-order valence-electron chi connectivity index (χ1n) is 24.1. The van der Waals surface area contributed by atoms with Crippen LogP contribution < -0.4 is 14.0 Å². The van der Waals surface area contributed by atoms with E-state index in [0.717, 1.165) is 111 Å². The number of benzene rings is 7. The number of fused-ring (bicyclic) bond motifs is 8. The van der Waals surface area contributed by atoms with Crippen molar-refractivity contribution in [2.24, 2.45) is 0 Å². The molecule has 0 saturated carbocycles. The van der Waals surface area contributed by atoms with Crippen molar-refractivity contribution >= 4 is 65.8 Å². The van der Waals surface area contributed by atoms with Crippen LogP contribution in [-0.2, 0) is 0 Å². The highest BCUT2D eigenvalue weighted by molar-refractivity contribution is 6.12. The number of rotatable bonds is 10. The monoisotopic (exact) mass is 967 g/mol. The van der Waals surface area contributed by atoms with Crippen molar-refractivity contribution in [3.63, 3.8) is 0 Å². The number of hydrogen-bond acceptors (Lipinski definition) is 9. The summed E-state index contributed by atoms with van der Waals surface area (Å²) in [6.45, 7) is 3.86. The molecular weight excluding hydrogens is 929 g/mol. The zero-order valence-corrected chi connectivity index (χ0v) is 39.6. The number of aryl methyl sites for hydroxylation is 2. The quantitative estimate of drug-likeness (QED) is 0.133. The third-order valence-electron chi connectivity index (χ3n) is 13.6. The minimum atomic E-state index is 0.347. The van der Waals surface area contributed by atoms with Crippen molar-refractivity contribution in [1.29, 1.82) is 0 Å². The molecular formula is C62H39N4O8+. The van der Waals surface area contributed by atoms with Gasteiger partial charge in [0, 0.05) is 68.0 Å². The van der Waals surface area contributed by atoms with Gasteiger partial charge in [-0.25, -0.2) is 9.97 Å². The van der Waals surface area contributed by atoms with Crippen LogP contribution in [0.1, 0.15) is 11.5 Å². The van der Waals surface area contributed by atoms with Gasteiger partial charge < -0.3 is 36.0 Å². The van der Waals surface area contributed by atoms with Gasteiger partial charge in [0.25, 0.3) is 11.9 Å². The van der Waals surface area contributed by atoms with Crippen LogP contribution in [0.25, 0.3) is 123 Å². The molecule has 0 aliphatic carbocycles. The van der Waals surface area contributed by atoms with Gasteiger partial charge in [-0.2, -0.15) is 4.57 Å². The summed E-state index contributed by atoms with van der Waals surface area (Å²) in [5.41, 5.74) is 9.84. The van der Waals surface area contributed by atoms with Gasteiger partial charge >= 0.3 is 5.82 Å². The van der Waals surface area contributed by atoms with Crippen molar-refractivity contribution in [2.75, 3.05) is 0 Å². The lowest BCUT2D eigenvalue weighted by Crippen LogP contribution is -2.30. The van der Waals surface area contributed by atoms with Crippen molar-refractivity contribution in [3.05, 3.63) is 206 Å². The molecule has 0 unspecified atom stereocenters. The zero-order chi connectivity index (χ0) is 49.0. The van der Waals surface area contributed by atoms with Crippen LogP contribution in [0.3, 0.4) is 0 Å². The molecule has 12 nitrogen and oxygen atoms in total. The number of furan rings is 6. The van der Waals surface area contributed by atoms with Crippen LogP contribution in [0.15, 0.2) is 221 Å². The summed E-state index contributed by atoms with van der Waals surface area (Å²) >= 11 is 0. The summed E-state index contributed by atoms with van der Waals surface area (Å²) in [7, 11) is 0. The predicted molar refractivity (Wildman–Crippen MR) is 282 cm³/mol. The van der Waals surface area contributed by atoms with Crippen LogP contribution in [0, 0.1) is 13.8 Å². The molecule has 15 rings (SSSR count). The first kappa shape index (κ1) is 41.6. The Morgan fingerprint density at radius 2 is 1.05 bits per heavy atom. The van der Waals surface area contributed by atoms with E-state index in [0.29, 0.717) is 46.1 Å². The second-order valence-electron chi connectivity index (χ2n) is 18.3. The fourth-order valence-corrected chi connectivity index (χ4v) is 10.3. The first-order chi connectivity index (χ1) is 36.4. The average Bonchev–Trinajstić information content (AvgIpc) is 4.29. The summed E-state index contributed by atoms with van der Waals surface area (Å²) < 4.78 is 54.8. The molecule has 8 aromatic heterocycles. The van der Waals surface area contributed by atoms with E-state index >= 15 is 0 Å². The molecule has 0 spiro atoms. The molecule has 0 aliphatic heterocycles. The fourth-order valence-electron chi connectivity index (χ4n) is 10.3. The Bertz CT molecular complexity index is 4340. The van der Waals surface area contributed by atoms with Crippen LogP contribution >= 0.6 is 0 Å². The molecule has 8 heterocycles. The summed E-state index contributed by atoms with van der Waals surface area (Å²) in [5, 5.41) is 5.66. The minimum absolute atomic E-state index is 0.347. The zero-order valence-electron chi connectivity index (χ0n) is 39.6. The van der Waals surface area contributed by atoms with Crippen LogP contribution in [0.4, 0.5) is 0 Å². The molecule has 74 heavy (non-hydrogen) atoms. The molecule has 0 amide bonds. The molecule has 0 bridgehead atoms. The van der Waals surface area contributed by atoms with E-state index in [9.17, 15) is 0 Å². The Hall–Kier alpha value is -10.2. The van der Waals surface area contributed by atoms with E-state index in [-0.39, 0.29) is 0 Å². The molecule has 354 valence electrons. The summed E-state index contributed by atoms with van der Waals surface area (Å²) in [5.74, 6) is 6.52. The number of imidazole rings is 2. The summed E-state index contributed by atoms with van der Waals surface area (Å²) in [6, 6.07) is 55.9. The second kappa shape index (κ2) is 16.2. The summed E-state index contributed by atoms with van der Waals surface area (Å²) in [4.78, 5) is 7.95. The molecule has 0 radical (unpaired) electrons. The van der Waals surface area contributed by atoms with Crippen LogP contribution in [0.2, 0.25) is 0 Å². The Labute approximate surface area is 419 Å². The molecule has 0 atom stereocenters. The van der Waals surface area contributed by atoms with Crippen LogP contribution in [-0.4, -0.2) is 14.5 Å². The maximum absolute atomic E-state index is 6.78. The highest BCUT2D eigenvalue weighted by atomic mass is 16.6. The lowest BCUT2D eigenvalue weighted by molar-refractivity contribution is -0.581. The van der Waals surface area contributed by atoms with Crippen molar-refractivity contribution in [3.8, 4) is 80.2 Å². The van der Waals surface area contributed by atoms with E-state index in [2.05, 4.69) is 63.1 Å². The molecule has 0 aliphatic rings. The third-order valence-corrected chi connectivity index (χ3v) is 13.6. The van der Waals surface area contributed by atoms with E-state index in [1.165, 1.54) is 0 Å². The number of aromatic amines is 1. The van der Waals surface area contributed by atoms with Gasteiger partial charge in [0.2, 0.25) is 5.76 Å². The number of H-pyrrole nitrogens is 1. The number of para-hydroxylation sites is 4. The topological polar surface area (TPSA) is 135 Å². The van der Waals surface area contributed by atoms with Gasteiger partial charge in [-0.05, 0) is 97.8 Å². The Balaban J connectivity index is 0.692. The van der Waals surface area contributed by atoms with Gasteiger partial charge in [-0.1, -0.05) is 84.9 Å². The lowest BCUT2D eigenvalue weighted by Gasteiger charge is -2.07. The number of nitrogens with one attached hydrogen (secondary N) is 1. The fraction of sp³-hybridized carbons (Fsp3) is 0.0323. The van der Waals surface area contributed by atoms with Gasteiger partial charge in [0.05, 0.1) is 5.69 Å². The molecule has 7 aromatic carbocycles. The lowest BCUT2D eigenvalue weighted by atomic mass is 10.0. The average molecular weight is 968 g/mol. The smallest absolute Gasteiger partial charge is 0.328 e. The van der Waals surface area contributed by atoms with Gasteiger partial charge in [-0.3, -0.25) is 4.57 Å². The Morgan fingerprint density at radius 3 is 1.68 bits per heavy atom. The minimum Gasteiger partial charge on any atom is -0.458 e. The Kier molecular flexibility index (Phi) is 9.08. The number of hydrogen-bond donors (Lipinski definition) is 1. The third kappa shape index (κ3) is 6.76. The highest BCUT2D eigenvalue weighted by Crippen LogP contribution is 2.43. The number of nitrogens with zero attached hydrogens (tertiary/aromatic N) is 3. The van der Waals surface area contributed by atoms with E-state index in [1.54, 1.807) is 6.20 Å². The van der Waals surface area contributed by atoms with Crippen molar-refractivity contribution < 1.29 is 40.5 Å². The second-order valence-corrected chi connectivity index (χ2v) is 18.3. The predicted octanol–water partition coefficient (Wildman–Crippen LogP) is 16.8. The van der Waals surface area contributed by atoms with Gasteiger partial charge in [0.15, 0.2) is 28.4 Å². The molecule has 0 fully saturated rings. The van der Waals surface area contributed by atoms with Crippen molar-refractivity contribution in [1.82, 2.24) is 14.5 Å². The molecule has 0 saturated heterocycles. The number of ether oxygens (including phenoxy) is 2. The van der Waals surface area contributed by atoms with Gasteiger partial charge in [-0.15, -0.1) is 0 Å². The molecule has 12 heteroatoms. The van der Waals surface area contributed by atoms with E-state index in [4.69, 9.17) is 36.0 Å². The maximum Gasteiger partial charge on any atom is 0.328 e. The molecule has 15 aromatic rings. The SMILES string of the molecule is Cc1ccc(-c2nccn2-c2cccc3c2oc2c(-c4cccc(Oc5cc6cc7oc(Oc8cccc(-c9cccc%10c9oc9c(-[n+]%11cc[nH]c%11-c%11ccc(C)o%11)cccc9%10)c8)cc7cc6o5)c4)cccc23)o1. The van der Waals surface area contributed by atoms with Crippen molar-refractivity contribution in [2.45, 2.75) is 13.8 Å². The maximum atomic E-state index is 6.78. The molecule has 1 N–H and O–H groups in total. The largest absolute Gasteiger partial charge is 0.458 e. The standard InChI is InChI=1S/C62H38N4O8/c1-35-21-23-51(67-35)61-63-25-27-65(61)49-19-7-17-47-45-15-5-13-43(57(45)73-59(47)49)37-9-3-11-41(29-37)69-55-33-39-31-54-40(32-53(39)71-55)34-56(72-54)70-42-12-4-10-38(30-42)44-14-6-16-46-48-18-8-20-50(60(48)74-58(44)46)66-28-26-64-62(66)52-24-22-36(2)68-52/h3-34H,1-2H3/p+1.